The van der Waals surface area contributed by atoms with Gasteiger partial charge in [0.1, 0.15) is 0 Å². The number of hydrogen-bond acceptors (Lipinski definition) is 2. The van der Waals surface area contributed by atoms with Gasteiger partial charge >= 0.3 is 5.97 Å². The molecule has 20 heavy (non-hydrogen) atoms. The van der Waals surface area contributed by atoms with E-state index in [1.807, 2.05) is 6.92 Å². The highest BCUT2D eigenvalue weighted by Gasteiger charge is 2.13. The number of aryl methyl sites for hydroxylation is 1. The van der Waals surface area contributed by atoms with Crippen molar-refractivity contribution >= 4 is 40.5 Å². The lowest BCUT2D eigenvalue weighted by atomic mass is 10.1. The number of carbonyl (C=O) groups is 1. The van der Waals surface area contributed by atoms with E-state index in [1.165, 1.54) is 6.07 Å². The summed E-state index contributed by atoms with van der Waals surface area (Å²) >= 11 is 12.3. The summed E-state index contributed by atoms with van der Waals surface area (Å²) < 4.78 is 0. The standard InChI is InChI=1S/C14H11Cl2NO2.H2O/c1-8-6-7-10(15)13(12(8)16)17-11-5-3-2-4-9(11)14(18)19;/h2-7,17H,1H3,(H,18,19);1H2. The maximum absolute atomic E-state index is 11.1. The van der Waals surface area contributed by atoms with Crippen LogP contribution in [-0.4, -0.2) is 16.6 Å². The number of carboxylic acids is 1. The van der Waals surface area contributed by atoms with E-state index in [-0.39, 0.29) is 11.0 Å². The van der Waals surface area contributed by atoms with Crippen molar-refractivity contribution in [3.63, 3.8) is 0 Å². The van der Waals surface area contributed by atoms with Crippen LogP contribution in [-0.2, 0) is 0 Å². The third kappa shape index (κ3) is 3.22. The van der Waals surface area contributed by atoms with Crippen molar-refractivity contribution in [2.75, 3.05) is 5.32 Å². The summed E-state index contributed by atoms with van der Waals surface area (Å²) in [5.74, 6) is -1.01. The lowest BCUT2D eigenvalue weighted by Gasteiger charge is -2.13. The van der Waals surface area contributed by atoms with Crippen molar-refractivity contribution in [1.82, 2.24) is 0 Å². The zero-order chi connectivity index (χ0) is 14.0. The van der Waals surface area contributed by atoms with Gasteiger partial charge in [0.25, 0.3) is 0 Å². The summed E-state index contributed by atoms with van der Waals surface area (Å²) in [5.41, 5.74) is 1.99. The molecule has 0 heterocycles. The van der Waals surface area contributed by atoms with Crippen LogP contribution in [0.3, 0.4) is 0 Å². The molecule has 4 N–H and O–H groups in total. The molecule has 0 bridgehead atoms. The second kappa shape index (κ2) is 6.61. The number of benzene rings is 2. The van der Waals surface area contributed by atoms with Gasteiger partial charge < -0.3 is 15.9 Å². The van der Waals surface area contributed by atoms with Crippen molar-refractivity contribution in [3.8, 4) is 0 Å². The fourth-order valence-corrected chi connectivity index (χ4v) is 2.15. The van der Waals surface area contributed by atoms with E-state index in [1.54, 1.807) is 30.3 Å². The minimum absolute atomic E-state index is 0. The lowest BCUT2D eigenvalue weighted by molar-refractivity contribution is 0.0698. The Morgan fingerprint density at radius 1 is 1.15 bits per heavy atom. The van der Waals surface area contributed by atoms with Crippen LogP contribution in [0, 0.1) is 6.92 Å². The molecule has 0 fully saturated rings. The zero-order valence-electron chi connectivity index (χ0n) is 10.6. The van der Waals surface area contributed by atoms with Crippen molar-refractivity contribution in [3.05, 3.63) is 57.6 Å². The Labute approximate surface area is 126 Å². The summed E-state index contributed by atoms with van der Waals surface area (Å²) in [7, 11) is 0. The first kappa shape index (κ1) is 16.3. The smallest absolute Gasteiger partial charge is 0.337 e. The van der Waals surface area contributed by atoms with Crippen LogP contribution in [0.4, 0.5) is 11.4 Å². The van der Waals surface area contributed by atoms with Crippen LogP contribution in [0.1, 0.15) is 15.9 Å². The number of halogens is 2. The van der Waals surface area contributed by atoms with Crippen molar-refractivity contribution in [2.45, 2.75) is 6.92 Å². The van der Waals surface area contributed by atoms with Gasteiger partial charge in [0.05, 0.1) is 27.0 Å². The molecule has 0 aromatic heterocycles. The first-order valence-corrected chi connectivity index (χ1v) is 6.30. The first-order chi connectivity index (χ1) is 9.00. The second-order valence-electron chi connectivity index (χ2n) is 4.03. The summed E-state index contributed by atoms with van der Waals surface area (Å²) in [5, 5.41) is 13.0. The highest BCUT2D eigenvalue weighted by atomic mass is 35.5. The Kier molecular flexibility index (Phi) is 5.39. The van der Waals surface area contributed by atoms with Gasteiger partial charge in [-0.1, -0.05) is 41.4 Å². The molecule has 0 saturated heterocycles. The molecular formula is C14H13Cl2NO3. The van der Waals surface area contributed by atoms with E-state index in [2.05, 4.69) is 5.32 Å². The molecule has 2 rings (SSSR count). The third-order valence-electron chi connectivity index (χ3n) is 2.70. The quantitative estimate of drug-likeness (QED) is 0.901. The van der Waals surface area contributed by atoms with E-state index in [9.17, 15) is 4.79 Å². The predicted octanol–water partition coefficient (Wildman–Crippen LogP) is 3.92. The average molecular weight is 314 g/mol. The average Bonchev–Trinajstić information content (AvgIpc) is 2.39. The minimum atomic E-state index is -1.01. The second-order valence-corrected chi connectivity index (χ2v) is 4.81. The Morgan fingerprint density at radius 3 is 2.45 bits per heavy atom. The molecule has 0 atom stereocenters. The highest BCUT2D eigenvalue weighted by Crippen LogP contribution is 2.35. The van der Waals surface area contributed by atoms with E-state index < -0.39 is 5.97 Å². The van der Waals surface area contributed by atoms with E-state index in [0.29, 0.717) is 21.4 Å². The maximum atomic E-state index is 11.1. The molecule has 0 spiro atoms. The molecule has 0 aliphatic heterocycles. The molecule has 0 aliphatic rings. The molecule has 0 saturated carbocycles. The molecule has 106 valence electrons. The van der Waals surface area contributed by atoms with Gasteiger partial charge in [0.2, 0.25) is 0 Å². The van der Waals surface area contributed by atoms with E-state index in [0.717, 1.165) is 5.56 Å². The predicted molar refractivity (Wildman–Crippen MR) is 81.5 cm³/mol. The fourth-order valence-electron chi connectivity index (χ4n) is 1.68. The molecule has 6 heteroatoms. The van der Waals surface area contributed by atoms with Crippen LogP contribution in [0.5, 0.6) is 0 Å². The number of nitrogens with one attached hydrogen (secondary N) is 1. The molecular weight excluding hydrogens is 301 g/mol. The van der Waals surface area contributed by atoms with Gasteiger partial charge in [-0.2, -0.15) is 0 Å². The summed E-state index contributed by atoms with van der Waals surface area (Å²) in [6.07, 6.45) is 0. The van der Waals surface area contributed by atoms with Gasteiger partial charge in [-0.3, -0.25) is 0 Å². The Hall–Kier alpha value is -1.75. The molecule has 4 nitrogen and oxygen atoms in total. The van der Waals surface area contributed by atoms with Crippen LogP contribution >= 0.6 is 23.2 Å². The van der Waals surface area contributed by atoms with Crippen molar-refractivity contribution in [1.29, 1.82) is 0 Å². The monoisotopic (exact) mass is 313 g/mol. The van der Waals surface area contributed by atoms with E-state index >= 15 is 0 Å². The largest absolute Gasteiger partial charge is 0.478 e. The topological polar surface area (TPSA) is 80.8 Å². The number of anilines is 2. The molecule has 0 unspecified atom stereocenters. The summed E-state index contributed by atoms with van der Waals surface area (Å²) in [4.78, 5) is 11.1. The minimum Gasteiger partial charge on any atom is -0.478 e. The van der Waals surface area contributed by atoms with Gasteiger partial charge in [0.15, 0.2) is 0 Å². The number of carboxylic acid groups (broad SMARTS) is 1. The molecule has 0 amide bonds. The first-order valence-electron chi connectivity index (χ1n) is 5.54. The van der Waals surface area contributed by atoms with Gasteiger partial charge in [-0.05, 0) is 30.7 Å². The van der Waals surface area contributed by atoms with Crippen molar-refractivity contribution in [2.24, 2.45) is 0 Å². The third-order valence-corrected chi connectivity index (χ3v) is 3.50. The molecule has 0 aliphatic carbocycles. The number of aromatic carboxylic acids is 1. The molecule has 2 aromatic carbocycles. The van der Waals surface area contributed by atoms with Gasteiger partial charge in [-0.15, -0.1) is 0 Å². The summed E-state index contributed by atoms with van der Waals surface area (Å²) in [6.45, 7) is 1.85. The van der Waals surface area contributed by atoms with Crippen LogP contribution in [0.15, 0.2) is 36.4 Å². The molecule has 2 aromatic rings. The number of rotatable bonds is 3. The number of para-hydroxylation sites is 1. The van der Waals surface area contributed by atoms with E-state index in [4.69, 9.17) is 28.3 Å². The highest BCUT2D eigenvalue weighted by molar-refractivity contribution is 6.39. The van der Waals surface area contributed by atoms with Crippen LogP contribution < -0.4 is 5.32 Å². The normalized spacial score (nSPS) is 9.75. The number of hydrogen-bond donors (Lipinski definition) is 2. The van der Waals surface area contributed by atoms with Gasteiger partial charge in [-0.25, -0.2) is 4.79 Å². The van der Waals surface area contributed by atoms with Crippen LogP contribution in [0.25, 0.3) is 0 Å². The van der Waals surface area contributed by atoms with Crippen LogP contribution in [0.2, 0.25) is 10.0 Å². The Bertz CT molecular complexity index is 644. The zero-order valence-corrected chi connectivity index (χ0v) is 12.1. The summed E-state index contributed by atoms with van der Waals surface area (Å²) in [6, 6.07) is 10.1. The maximum Gasteiger partial charge on any atom is 0.337 e. The lowest BCUT2D eigenvalue weighted by Crippen LogP contribution is -2.03. The SMILES string of the molecule is Cc1ccc(Cl)c(Nc2ccccc2C(=O)O)c1Cl.O. The Balaban J connectivity index is 0.00000200. The molecule has 0 radical (unpaired) electrons. The van der Waals surface area contributed by atoms with Crippen molar-refractivity contribution < 1.29 is 15.4 Å². The van der Waals surface area contributed by atoms with Gasteiger partial charge in [0, 0.05) is 0 Å². The fraction of sp³-hybridized carbons (Fsp3) is 0.0714. The Morgan fingerprint density at radius 2 is 1.80 bits per heavy atom.